The summed E-state index contributed by atoms with van der Waals surface area (Å²) in [7, 11) is 0. The van der Waals surface area contributed by atoms with Crippen LogP contribution in [0.5, 0.6) is 0 Å². The third-order valence-electron chi connectivity index (χ3n) is 3.25. The lowest BCUT2D eigenvalue weighted by Crippen LogP contribution is -2.33. The summed E-state index contributed by atoms with van der Waals surface area (Å²) in [5, 5.41) is 0. The van der Waals surface area contributed by atoms with Crippen LogP contribution in [0.4, 0.5) is 10.2 Å². The topological polar surface area (TPSA) is 57.3 Å². The molecule has 0 radical (unpaired) electrons. The lowest BCUT2D eigenvalue weighted by atomic mass is 10.2. The second-order valence-electron chi connectivity index (χ2n) is 5.07. The van der Waals surface area contributed by atoms with Crippen LogP contribution in [0.25, 0.3) is 0 Å². The van der Waals surface area contributed by atoms with Crippen molar-refractivity contribution < 1.29 is 12.0 Å². The third-order valence-corrected chi connectivity index (χ3v) is 3.25. The molecule has 0 spiro atoms. The number of carbonyl (C=O) groups is 1. The van der Waals surface area contributed by atoms with Crippen molar-refractivity contribution in [3.8, 4) is 0 Å². The summed E-state index contributed by atoms with van der Waals surface area (Å²) in [5.74, 6) is -0.0276. The molecule has 1 atom stereocenters. The standard InChI is InChI=1S/C8H17N.C6H6FN3O.2H2/c1-7(2)9-6-4-5-8(9)3;7-5-1-2-6(8-3-5)10-9-4-11;;/h7-8H,4-6H2,1-3H3;1-4H,(H,8,10)(H,9,11);2*1H/t8-;;;/m0.../s1. The van der Waals surface area contributed by atoms with Crippen molar-refractivity contribution in [1.82, 2.24) is 15.3 Å². The van der Waals surface area contributed by atoms with Crippen molar-refractivity contribution in [2.45, 2.75) is 45.7 Å². The molecule has 0 bridgehead atoms. The van der Waals surface area contributed by atoms with Crippen LogP contribution in [0.2, 0.25) is 0 Å². The van der Waals surface area contributed by atoms with Crippen molar-refractivity contribution in [2.75, 3.05) is 12.0 Å². The Balaban J connectivity index is 0. The molecule has 0 saturated carbocycles. The first kappa shape index (κ1) is 16.4. The van der Waals surface area contributed by atoms with Gasteiger partial charge in [-0.2, -0.15) is 0 Å². The van der Waals surface area contributed by atoms with Gasteiger partial charge in [0.2, 0.25) is 6.41 Å². The Morgan fingerprint density at radius 1 is 1.55 bits per heavy atom. The second kappa shape index (κ2) is 8.47. The fraction of sp³-hybridized carbons (Fsp3) is 0.571. The molecule has 5 nitrogen and oxygen atoms in total. The summed E-state index contributed by atoms with van der Waals surface area (Å²) >= 11 is 0. The van der Waals surface area contributed by atoms with Gasteiger partial charge in [-0.25, -0.2) is 9.37 Å². The maximum absolute atomic E-state index is 12.2. The summed E-state index contributed by atoms with van der Waals surface area (Å²) in [4.78, 5) is 15.9. The predicted molar refractivity (Wildman–Crippen MR) is 81.8 cm³/mol. The molecular weight excluding hydrogens is 259 g/mol. The van der Waals surface area contributed by atoms with Gasteiger partial charge < -0.3 is 0 Å². The molecule has 2 heterocycles. The number of halogens is 1. The average Bonchev–Trinajstić information content (AvgIpc) is 2.85. The number of carbonyl (C=O) groups excluding carboxylic acids is 1. The van der Waals surface area contributed by atoms with Gasteiger partial charge in [0, 0.05) is 14.9 Å². The smallest absolute Gasteiger partial charge is 0.225 e. The summed E-state index contributed by atoms with van der Waals surface area (Å²) in [6.07, 6.45) is 4.32. The first-order valence-electron chi connectivity index (χ1n) is 6.87. The van der Waals surface area contributed by atoms with Crippen LogP contribution < -0.4 is 10.9 Å². The molecule has 1 amide bonds. The zero-order chi connectivity index (χ0) is 15.0. The van der Waals surface area contributed by atoms with Gasteiger partial charge in [0.25, 0.3) is 0 Å². The minimum Gasteiger partial charge on any atom is -0.298 e. The number of hydrazine groups is 1. The van der Waals surface area contributed by atoms with E-state index >= 15 is 0 Å². The predicted octanol–water partition coefficient (Wildman–Crippen LogP) is 2.66. The molecule has 1 aliphatic heterocycles. The van der Waals surface area contributed by atoms with E-state index in [0.717, 1.165) is 18.3 Å². The van der Waals surface area contributed by atoms with E-state index in [-0.39, 0.29) is 2.85 Å². The molecule has 1 aromatic rings. The minimum absolute atomic E-state index is 0. The fourth-order valence-corrected chi connectivity index (χ4v) is 2.28. The lowest BCUT2D eigenvalue weighted by molar-refractivity contribution is -0.109. The van der Waals surface area contributed by atoms with Crippen LogP contribution >= 0.6 is 0 Å². The maximum atomic E-state index is 12.2. The third kappa shape index (κ3) is 5.52. The van der Waals surface area contributed by atoms with Gasteiger partial charge in [0.05, 0.1) is 6.20 Å². The molecular formula is C14H27FN4O. The Morgan fingerprint density at radius 3 is 2.70 bits per heavy atom. The van der Waals surface area contributed by atoms with Gasteiger partial charge in [-0.3, -0.25) is 20.5 Å². The second-order valence-corrected chi connectivity index (χ2v) is 5.07. The van der Waals surface area contributed by atoms with Crippen LogP contribution in [-0.4, -0.2) is 34.9 Å². The van der Waals surface area contributed by atoms with Crippen LogP contribution in [0.1, 0.15) is 36.5 Å². The summed E-state index contributed by atoms with van der Waals surface area (Å²) in [6, 6.07) is 4.24. The van der Waals surface area contributed by atoms with E-state index in [2.05, 4.69) is 41.5 Å². The van der Waals surface area contributed by atoms with E-state index in [4.69, 9.17) is 0 Å². The average molecular weight is 286 g/mol. The van der Waals surface area contributed by atoms with Gasteiger partial charge in [-0.05, 0) is 52.3 Å². The number of hydrogen-bond donors (Lipinski definition) is 2. The van der Waals surface area contributed by atoms with Crippen LogP contribution in [0, 0.1) is 5.82 Å². The van der Waals surface area contributed by atoms with Gasteiger partial charge in [-0.15, -0.1) is 0 Å². The number of rotatable bonds is 4. The summed E-state index contributed by atoms with van der Waals surface area (Å²) in [6.45, 7) is 8.20. The molecule has 1 fully saturated rings. The largest absolute Gasteiger partial charge is 0.298 e. The molecule has 0 aromatic carbocycles. The van der Waals surface area contributed by atoms with Crippen molar-refractivity contribution in [1.29, 1.82) is 0 Å². The van der Waals surface area contributed by atoms with E-state index in [1.807, 2.05) is 0 Å². The number of anilines is 1. The Labute approximate surface area is 122 Å². The van der Waals surface area contributed by atoms with Gasteiger partial charge in [0.1, 0.15) is 11.6 Å². The first-order chi connectivity index (χ1) is 9.54. The van der Waals surface area contributed by atoms with Gasteiger partial charge in [-0.1, -0.05) is 0 Å². The fourth-order valence-electron chi connectivity index (χ4n) is 2.28. The quantitative estimate of drug-likeness (QED) is 0.660. The monoisotopic (exact) mass is 286 g/mol. The normalized spacial score (nSPS) is 18.4. The van der Waals surface area contributed by atoms with E-state index in [1.54, 1.807) is 0 Å². The Bertz CT molecular complexity index is 406. The van der Waals surface area contributed by atoms with Crippen LogP contribution in [0.3, 0.4) is 0 Å². The number of hydrogen-bond acceptors (Lipinski definition) is 4. The number of amides is 1. The molecule has 20 heavy (non-hydrogen) atoms. The van der Waals surface area contributed by atoms with Crippen molar-refractivity contribution in [3.63, 3.8) is 0 Å². The van der Waals surface area contributed by atoms with E-state index in [0.29, 0.717) is 12.2 Å². The minimum atomic E-state index is -0.415. The van der Waals surface area contributed by atoms with Crippen molar-refractivity contribution in [3.05, 3.63) is 24.1 Å². The molecule has 2 N–H and O–H groups in total. The number of pyridine rings is 1. The number of nitrogens with one attached hydrogen (secondary N) is 2. The van der Waals surface area contributed by atoms with E-state index in [1.165, 1.54) is 31.5 Å². The molecule has 0 aliphatic carbocycles. The molecule has 116 valence electrons. The first-order valence-corrected chi connectivity index (χ1v) is 6.87. The van der Waals surface area contributed by atoms with Gasteiger partial charge >= 0.3 is 0 Å². The molecule has 1 aliphatic rings. The van der Waals surface area contributed by atoms with E-state index < -0.39 is 5.82 Å². The van der Waals surface area contributed by atoms with Crippen LogP contribution in [0.15, 0.2) is 18.3 Å². The molecule has 1 saturated heterocycles. The SMILES string of the molecule is CC(C)N1CCC[C@@H]1C.O=CNNc1ccc(F)cn1.[HH].[HH]. The lowest BCUT2D eigenvalue weighted by Gasteiger charge is -2.24. The highest BCUT2D eigenvalue weighted by molar-refractivity contribution is 5.50. The highest BCUT2D eigenvalue weighted by Crippen LogP contribution is 2.18. The van der Waals surface area contributed by atoms with Gasteiger partial charge in [0.15, 0.2) is 0 Å². The molecule has 1 aromatic heterocycles. The molecule has 2 rings (SSSR count). The van der Waals surface area contributed by atoms with Crippen LogP contribution in [-0.2, 0) is 4.79 Å². The highest BCUT2D eigenvalue weighted by atomic mass is 19.1. The zero-order valence-corrected chi connectivity index (χ0v) is 12.3. The summed E-state index contributed by atoms with van der Waals surface area (Å²) in [5.41, 5.74) is 4.59. The van der Waals surface area contributed by atoms with Crippen molar-refractivity contribution in [2.24, 2.45) is 0 Å². The maximum Gasteiger partial charge on any atom is 0.225 e. The Kier molecular flexibility index (Phi) is 6.93. The summed E-state index contributed by atoms with van der Waals surface area (Å²) < 4.78 is 12.2. The molecule has 0 unspecified atom stereocenters. The Morgan fingerprint density at radius 2 is 2.30 bits per heavy atom. The Hall–Kier alpha value is -1.69. The van der Waals surface area contributed by atoms with Crippen molar-refractivity contribution >= 4 is 12.2 Å². The number of aromatic nitrogens is 1. The number of likely N-dealkylation sites (tertiary alicyclic amines) is 1. The molecule has 6 heteroatoms. The van der Waals surface area contributed by atoms with E-state index in [9.17, 15) is 9.18 Å². The zero-order valence-electron chi connectivity index (χ0n) is 12.3. The number of nitrogens with zero attached hydrogens (tertiary/aromatic N) is 2. The highest BCUT2D eigenvalue weighted by Gasteiger charge is 2.21.